The van der Waals surface area contributed by atoms with Crippen molar-refractivity contribution in [1.82, 2.24) is 9.97 Å². The molecule has 0 saturated heterocycles. The summed E-state index contributed by atoms with van der Waals surface area (Å²) in [6.07, 6.45) is 3.48. The molecule has 5 nitrogen and oxygen atoms in total. The van der Waals surface area contributed by atoms with E-state index in [2.05, 4.69) is 23.8 Å². The Morgan fingerprint density at radius 1 is 1.14 bits per heavy atom. The van der Waals surface area contributed by atoms with Crippen LogP contribution in [0.5, 0.6) is 11.5 Å². The molecule has 0 radical (unpaired) electrons. The minimum Gasteiger partial charge on any atom is -0.493 e. The Morgan fingerprint density at radius 2 is 1.81 bits per heavy atom. The zero-order valence-electron chi connectivity index (χ0n) is 13.1. The summed E-state index contributed by atoms with van der Waals surface area (Å²) in [5.41, 5.74) is 7.87. The molecule has 3 N–H and O–H groups in total. The summed E-state index contributed by atoms with van der Waals surface area (Å²) in [4.78, 5) is 7.78. The second-order valence-electron chi connectivity index (χ2n) is 5.08. The number of benzene rings is 1. The lowest BCUT2D eigenvalue weighted by Gasteiger charge is -2.23. The lowest BCUT2D eigenvalue weighted by Crippen LogP contribution is -2.36. The highest BCUT2D eigenvalue weighted by Gasteiger charge is 2.26. The molecule has 21 heavy (non-hydrogen) atoms. The average molecular weight is 289 g/mol. The molecule has 0 atom stereocenters. The van der Waals surface area contributed by atoms with E-state index >= 15 is 0 Å². The van der Waals surface area contributed by atoms with Crippen LogP contribution < -0.4 is 15.2 Å². The van der Waals surface area contributed by atoms with Crippen LogP contribution in [0, 0.1) is 0 Å². The van der Waals surface area contributed by atoms with Crippen LogP contribution in [0.3, 0.4) is 0 Å². The van der Waals surface area contributed by atoms with Crippen LogP contribution >= 0.6 is 0 Å². The Bertz CT molecular complexity index is 603. The van der Waals surface area contributed by atoms with Gasteiger partial charge in [-0.2, -0.15) is 0 Å². The van der Waals surface area contributed by atoms with Crippen molar-refractivity contribution in [2.45, 2.75) is 32.2 Å². The van der Waals surface area contributed by atoms with Gasteiger partial charge < -0.3 is 20.2 Å². The third-order valence-electron chi connectivity index (χ3n) is 4.00. The molecule has 0 unspecified atom stereocenters. The van der Waals surface area contributed by atoms with Gasteiger partial charge in [0.25, 0.3) is 0 Å². The zero-order valence-corrected chi connectivity index (χ0v) is 13.1. The summed E-state index contributed by atoms with van der Waals surface area (Å²) >= 11 is 0. The van der Waals surface area contributed by atoms with Crippen molar-refractivity contribution in [3.63, 3.8) is 0 Å². The van der Waals surface area contributed by atoms with Crippen molar-refractivity contribution in [3.8, 4) is 22.8 Å². The molecule has 0 bridgehead atoms. The number of rotatable bonds is 6. The number of imidazole rings is 1. The molecule has 114 valence electrons. The van der Waals surface area contributed by atoms with Gasteiger partial charge in [-0.1, -0.05) is 13.8 Å². The van der Waals surface area contributed by atoms with Crippen LogP contribution in [0.25, 0.3) is 11.3 Å². The molecule has 0 saturated carbocycles. The number of nitrogens with two attached hydrogens (primary N) is 1. The molecule has 2 aromatic rings. The number of ether oxygens (including phenoxy) is 2. The SMILES string of the molecule is CCC(N)(CC)c1ncc(-c2ccc(OC)c(OC)c2)[nH]1. The Morgan fingerprint density at radius 3 is 2.38 bits per heavy atom. The van der Waals surface area contributed by atoms with Crippen LogP contribution in [0.15, 0.2) is 24.4 Å². The number of hydrogen-bond acceptors (Lipinski definition) is 4. The van der Waals surface area contributed by atoms with E-state index in [0.29, 0.717) is 11.5 Å². The topological polar surface area (TPSA) is 73.2 Å². The van der Waals surface area contributed by atoms with Crippen LogP contribution in [0.2, 0.25) is 0 Å². The highest BCUT2D eigenvalue weighted by atomic mass is 16.5. The number of aromatic nitrogens is 2. The van der Waals surface area contributed by atoms with Gasteiger partial charge in [-0.25, -0.2) is 4.98 Å². The van der Waals surface area contributed by atoms with Crippen LogP contribution in [-0.2, 0) is 5.54 Å². The van der Waals surface area contributed by atoms with Crippen molar-refractivity contribution >= 4 is 0 Å². The van der Waals surface area contributed by atoms with Crippen LogP contribution in [0.4, 0.5) is 0 Å². The van der Waals surface area contributed by atoms with Gasteiger partial charge in [-0.05, 0) is 31.0 Å². The average Bonchev–Trinajstić information content (AvgIpc) is 3.04. The Hall–Kier alpha value is -2.01. The second-order valence-corrected chi connectivity index (χ2v) is 5.08. The van der Waals surface area contributed by atoms with E-state index in [1.807, 2.05) is 24.4 Å². The van der Waals surface area contributed by atoms with E-state index in [-0.39, 0.29) is 0 Å². The zero-order chi connectivity index (χ0) is 15.5. The van der Waals surface area contributed by atoms with E-state index < -0.39 is 5.54 Å². The molecule has 0 fully saturated rings. The lowest BCUT2D eigenvalue weighted by molar-refractivity contribution is 0.355. The van der Waals surface area contributed by atoms with Gasteiger partial charge in [0.2, 0.25) is 0 Å². The number of nitrogens with zero attached hydrogens (tertiary/aromatic N) is 1. The molecular formula is C16H23N3O2. The molecule has 5 heteroatoms. The maximum Gasteiger partial charge on any atom is 0.161 e. The maximum absolute atomic E-state index is 6.37. The molecule has 1 heterocycles. The summed E-state index contributed by atoms with van der Waals surface area (Å²) in [7, 11) is 3.25. The second kappa shape index (κ2) is 6.18. The predicted octanol–water partition coefficient (Wildman–Crippen LogP) is 3.07. The Kier molecular flexibility index (Phi) is 4.53. The fraction of sp³-hybridized carbons (Fsp3) is 0.438. The fourth-order valence-electron chi connectivity index (χ4n) is 2.31. The van der Waals surface area contributed by atoms with Gasteiger partial charge >= 0.3 is 0 Å². The Balaban J connectivity index is 2.38. The molecule has 0 aliphatic heterocycles. The molecule has 1 aromatic carbocycles. The molecule has 2 rings (SSSR count). The number of hydrogen-bond donors (Lipinski definition) is 2. The van der Waals surface area contributed by atoms with Gasteiger partial charge in [0.05, 0.1) is 31.6 Å². The minimum atomic E-state index is -0.408. The first-order valence-electron chi connectivity index (χ1n) is 7.14. The van der Waals surface area contributed by atoms with Gasteiger partial charge in [0.15, 0.2) is 11.5 Å². The number of nitrogens with one attached hydrogen (secondary N) is 1. The predicted molar refractivity (Wildman–Crippen MR) is 83.6 cm³/mol. The van der Waals surface area contributed by atoms with Crippen molar-refractivity contribution in [2.75, 3.05) is 14.2 Å². The van der Waals surface area contributed by atoms with Crippen molar-refractivity contribution in [2.24, 2.45) is 5.73 Å². The fourth-order valence-corrected chi connectivity index (χ4v) is 2.31. The first-order chi connectivity index (χ1) is 10.1. The first-order valence-corrected chi connectivity index (χ1v) is 7.14. The van der Waals surface area contributed by atoms with Gasteiger partial charge in [-0.15, -0.1) is 0 Å². The standard InChI is InChI=1S/C16H23N3O2/c1-5-16(17,6-2)15-18-10-12(19-15)11-7-8-13(20-3)14(9-11)21-4/h7-10H,5-6,17H2,1-4H3,(H,18,19). The van der Waals surface area contributed by atoms with E-state index in [9.17, 15) is 0 Å². The quantitative estimate of drug-likeness (QED) is 0.857. The smallest absolute Gasteiger partial charge is 0.161 e. The first kappa shape index (κ1) is 15.4. The monoisotopic (exact) mass is 289 g/mol. The normalized spacial score (nSPS) is 11.5. The summed E-state index contributed by atoms with van der Waals surface area (Å²) in [5, 5.41) is 0. The van der Waals surface area contributed by atoms with E-state index in [1.165, 1.54) is 0 Å². The summed E-state index contributed by atoms with van der Waals surface area (Å²) in [6.45, 7) is 4.14. The Labute approximate surface area is 125 Å². The number of aromatic amines is 1. The van der Waals surface area contributed by atoms with Crippen molar-refractivity contribution in [1.29, 1.82) is 0 Å². The van der Waals surface area contributed by atoms with E-state index in [4.69, 9.17) is 15.2 Å². The van der Waals surface area contributed by atoms with Crippen molar-refractivity contribution < 1.29 is 9.47 Å². The summed E-state index contributed by atoms with van der Waals surface area (Å²) in [6, 6.07) is 5.77. The third-order valence-corrected chi connectivity index (χ3v) is 4.00. The minimum absolute atomic E-state index is 0.408. The van der Waals surface area contributed by atoms with Gasteiger partial charge in [-0.3, -0.25) is 0 Å². The summed E-state index contributed by atoms with van der Waals surface area (Å²) in [5.74, 6) is 2.21. The molecule has 1 aromatic heterocycles. The van der Waals surface area contributed by atoms with Gasteiger partial charge in [0, 0.05) is 5.56 Å². The maximum atomic E-state index is 6.37. The largest absolute Gasteiger partial charge is 0.493 e. The molecular weight excluding hydrogens is 266 g/mol. The van der Waals surface area contributed by atoms with E-state index in [1.54, 1.807) is 14.2 Å². The summed E-state index contributed by atoms with van der Waals surface area (Å²) < 4.78 is 10.6. The van der Waals surface area contributed by atoms with Gasteiger partial charge in [0.1, 0.15) is 5.82 Å². The van der Waals surface area contributed by atoms with Crippen molar-refractivity contribution in [3.05, 3.63) is 30.2 Å². The third kappa shape index (κ3) is 2.88. The van der Waals surface area contributed by atoms with E-state index in [0.717, 1.165) is 29.9 Å². The van der Waals surface area contributed by atoms with Crippen LogP contribution in [-0.4, -0.2) is 24.2 Å². The molecule has 0 spiro atoms. The molecule has 0 aliphatic rings. The lowest BCUT2D eigenvalue weighted by atomic mass is 9.93. The molecule has 0 aliphatic carbocycles. The highest BCUT2D eigenvalue weighted by Crippen LogP contribution is 2.32. The van der Waals surface area contributed by atoms with Crippen LogP contribution in [0.1, 0.15) is 32.5 Å². The molecule has 0 amide bonds. The number of H-pyrrole nitrogens is 1. The highest BCUT2D eigenvalue weighted by molar-refractivity contribution is 5.63. The number of methoxy groups -OCH3 is 2.